The summed E-state index contributed by atoms with van der Waals surface area (Å²) in [5, 5.41) is 9.54. The van der Waals surface area contributed by atoms with Crippen molar-refractivity contribution in [2.45, 2.75) is 31.7 Å². The lowest BCUT2D eigenvalue weighted by molar-refractivity contribution is -0.144. The minimum atomic E-state index is -4.42. The van der Waals surface area contributed by atoms with E-state index < -0.39 is 23.8 Å². The predicted octanol–water partition coefficient (Wildman–Crippen LogP) is 4.15. The second-order valence-electron chi connectivity index (χ2n) is 6.29. The molecule has 0 aromatic heterocycles. The molecule has 3 rings (SSSR count). The molecule has 1 unspecified atom stereocenters. The molecule has 1 heterocycles. The van der Waals surface area contributed by atoms with Crippen molar-refractivity contribution in [2.24, 2.45) is 0 Å². The number of carbonyl (C=O) groups is 1. The molecule has 8 heteroatoms. The Morgan fingerprint density at radius 1 is 1.19 bits per heavy atom. The summed E-state index contributed by atoms with van der Waals surface area (Å²) in [6, 6.07) is 9.92. The van der Waals surface area contributed by atoms with Crippen LogP contribution in [0.4, 0.5) is 13.2 Å². The number of hydrogen-bond donors (Lipinski definition) is 1. The summed E-state index contributed by atoms with van der Waals surface area (Å²) in [5.41, 5.74) is 1.32. The maximum Gasteiger partial charge on any atom is 0.416 e. The van der Waals surface area contributed by atoms with Crippen LogP contribution in [0, 0.1) is 0 Å². The molecule has 1 aliphatic rings. The molecule has 27 heavy (non-hydrogen) atoms. The van der Waals surface area contributed by atoms with Gasteiger partial charge in [-0.05, 0) is 47.4 Å². The quantitative estimate of drug-likeness (QED) is 0.836. The van der Waals surface area contributed by atoms with Crippen molar-refractivity contribution in [3.05, 3.63) is 64.7 Å². The Morgan fingerprint density at radius 3 is 2.41 bits per heavy atom. The fraction of sp³-hybridized carbons (Fsp3) is 0.316. The minimum Gasteiger partial charge on any atom is -0.497 e. The van der Waals surface area contributed by atoms with Gasteiger partial charge in [0.15, 0.2) is 0 Å². The van der Waals surface area contributed by atoms with Crippen LogP contribution in [0.3, 0.4) is 0 Å². The third-order valence-corrected chi connectivity index (χ3v) is 4.59. The summed E-state index contributed by atoms with van der Waals surface area (Å²) in [6.45, 7) is 0.485. The summed E-state index contributed by atoms with van der Waals surface area (Å²) < 4.78 is 44.0. The largest absolute Gasteiger partial charge is 0.497 e. The van der Waals surface area contributed by atoms with Crippen molar-refractivity contribution in [1.29, 1.82) is 0 Å². The first-order valence-corrected chi connectivity index (χ1v) is 8.06. The third-order valence-electron chi connectivity index (χ3n) is 4.59. The highest BCUT2D eigenvalue weighted by Crippen LogP contribution is 2.33. The number of ether oxygens (including phenoxy) is 1. The highest BCUT2D eigenvalue weighted by molar-refractivity contribution is 5.85. The predicted molar refractivity (Wildman–Crippen MR) is 96.1 cm³/mol. The van der Waals surface area contributed by atoms with Crippen molar-refractivity contribution in [1.82, 2.24) is 4.90 Å². The van der Waals surface area contributed by atoms with E-state index in [0.29, 0.717) is 23.4 Å². The Balaban J connectivity index is 0.00000261. The smallest absolute Gasteiger partial charge is 0.416 e. The van der Waals surface area contributed by atoms with Gasteiger partial charge in [-0.15, -0.1) is 12.4 Å². The zero-order chi connectivity index (χ0) is 18.9. The minimum absolute atomic E-state index is 0. The molecule has 0 bridgehead atoms. The second-order valence-corrected chi connectivity index (χ2v) is 6.29. The van der Waals surface area contributed by atoms with Crippen LogP contribution in [0.15, 0.2) is 42.5 Å². The Kier molecular flexibility index (Phi) is 6.38. The van der Waals surface area contributed by atoms with E-state index in [9.17, 15) is 23.1 Å². The van der Waals surface area contributed by atoms with Crippen molar-refractivity contribution in [3.8, 4) is 5.75 Å². The molecular formula is C19H19ClF3NO3. The maximum absolute atomic E-state index is 13.0. The van der Waals surface area contributed by atoms with Crippen molar-refractivity contribution >= 4 is 18.4 Å². The van der Waals surface area contributed by atoms with Gasteiger partial charge in [0.2, 0.25) is 0 Å². The molecule has 1 aliphatic heterocycles. The molecule has 2 aromatic carbocycles. The first kappa shape index (κ1) is 21.1. The van der Waals surface area contributed by atoms with E-state index in [1.54, 1.807) is 24.1 Å². The molecule has 146 valence electrons. The standard InChI is InChI=1S/C19H18F3NO3.ClH/c1-26-16-6-2-12(3-7-16)10-23-11-14-8-15(19(20,21)22)5-4-13(14)9-17(23)18(24)25;/h2-8,17H,9-11H2,1H3,(H,24,25);1H. The van der Waals surface area contributed by atoms with Gasteiger partial charge in [-0.25, -0.2) is 0 Å². The molecule has 0 amide bonds. The molecule has 0 saturated heterocycles. The van der Waals surface area contributed by atoms with Gasteiger partial charge in [0.05, 0.1) is 12.7 Å². The first-order chi connectivity index (χ1) is 12.3. The lowest BCUT2D eigenvalue weighted by Gasteiger charge is -2.34. The number of rotatable bonds is 4. The van der Waals surface area contributed by atoms with E-state index >= 15 is 0 Å². The van der Waals surface area contributed by atoms with Crippen LogP contribution in [0.5, 0.6) is 5.75 Å². The van der Waals surface area contributed by atoms with Gasteiger partial charge in [-0.1, -0.05) is 18.2 Å². The maximum atomic E-state index is 13.0. The molecule has 1 atom stereocenters. The van der Waals surface area contributed by atoms with E-state index in [-0.39, 0.29) is 25.4 Å². The summed E-state index contributed by atoms with van der Waals surface area (Å²) in [7, 11) is 1.55. The Bertz CT molecular complexity index is 809. The lowest BCUT2D eigenvalue weighted by Crippen LogP contribution is -2.45. The second kappa shape index (κ2) is 8.19. The van der Waals surface area contributed by atoms with Gasteiger partial charge in [-0.2, -0.15) is 13.2 Å². The highest BCUT2D eigenvalue weighted by Gasteiger charge is 2.35. The summed E-state index contributed by atoms with van der Waals surface area (Å²) in [5.74, 6) is -0.300. The third kappa shape index (κ3) is 4.73. The van der Waals surface area contributed by atoms with Crippen molar-refractivity contribution < 1.29 is 27.8 Å². The average molecular weight is 402 g/mol. The molecule has 0 radical (unpaired) electrons. The van der Waals surface area contributed by atoms with Crippen LogP contribution in [-0.2, 0) is 30.5 Å². The Morgan fingerprint density at radius 2 is 1.85 bits per heavy atom. The number of nitrogens with zero attached hydrogens (tertiary/aromatic N) is 1. The number of aliphatic carboxylic acids is 1. The normalized spacial score (nSPS) is 17.0. The van der Waals surface area contributed by atoms with Gasteiger partial charge >= 0.3 is 12.1 Å². The van der Waals surface area contributed by atoms with Gasteiger partial charge in [-0.3, -0.25) is 9.69 Å². The number of halogens is 4. The number of benzene rings is 2. The molecule has 0 spiro atoms. The molecule has 2 aromatic rings. The van der Waals surface area contributed by atoms with Crippen LogP contribution in [0.1, 0.15) is 22.3 Å². The number of fused-ring (bicyclic) bond motifs is 1. The summed E-state index contributed by atoms with van der Waals surface area (Å²) in [6.07, 6.45) is -4.24. The Hall–Kier alpha value is -2.25. The number of carboxylic acids is 1. The fourth-order valence-corrected chi connectivity index (χ4v) is 3.19. The van der Waals surface area contributed by atoms with E-state index in [4.69, 9.17) is 4.74 Å². The zero-order valence-corrected chi connectivity index (χ0v) is 15.3. The molecule has 0 aliphatic carbocycles. The number of carboxylic acid groups (broad SMARTS) is 1. The van der Waals surface area contributed by atoms with Crippen LogP contribution in [-0.4, -0.2) is 29.1 Å². The number of methoxy groups -OCH3 is 1. The van der Waals surface area contributed by atoms with E-state index in [2.05, 4.69) is 0 Å². The topological polar surface area (TPSA) is 49.8 Å². The van der Waals surface area contributed by atoms with Crippen LogP contribution < -0.4 is 4.74 Å². The van der Waals surface area contributed by atoms with Gasteiger partial charge in [0.25, 0.3) is 0 Å². The molecular weight excluding hydrogens is 383 g/mol. The van der Waals surface area contributed by atoms with Crippen LogP contribution >= 0.6 is 12.4 Å². The fourth-order valence-electron chi connectivity index (χ4n) is 3.19. The summed E-state index contributed by atoms with van der Waals surface area (Å²) >= 11 is 0. The average Bonchev–Trinajstić information content (AvgIpc) is 2.60. The SMILES string of the molecule is COc1ccc(CN2Cc3cc(C(F)(F)F)ccc3CC2C(=O)O)cc1.Cl. The lowest BCUT2D eigenvalue weighted by atomic mass is 9.92. The van der Waals surface area contributed by atoms with Crippen molar-refractivity contribution in [3.63, 3.8) is 0 Å². The van der Waals surface area contributed by atoms with E-state index in [1.165, 1.54) is 6.07 Å². The monoisotopic (exact) mass is 401 g/mol. The van der Waals surface area contributed by atoms with Crippen LogP contribution in [0.2, 0.25) is 0 Å². The van der Waals surface area contributed by atoms with Crippen LogP contribution in [0.25, 0.3) is 0 Å². The Labute approximate surface area is 161 Å². The van der Waals surface area contributed by atoms with Gasteiger partial charge in [0.1, 0.15) is 11.8 Å². The molecule has 0 fully saturated rings. The zero-order valence-electron chi connectivity index (χ0n) is 14.5. The van der Waals surface area contributed by atoms with Crippen molar-refractivity contribution in [2.75, 3.05) is 7.11 Å². The highest BCUT2D eigenvalue weighted by atomic mass is 35.5. The summed E-state index contributed by atoms with van der Waals surface area (Å²) in [4.78, 5) is 13.3. The molecule has 0 saturated carbocycles. The first-order valence-electron chi connectivity index (χ1n) is 8.06. The molecule has 4 nitrogen and oxygen atoms in total. The van der Waals surface area contributed by atoms with E-state index in [0.717, 1.165) is 17.7 Å². The molecule has 1 N–H and O–H groups in total. The van der Waals surface area contributed by atoms with Gasteiger partial charge < -0.3 is 9.84 Å². The van der Waals surface area contributed by atoms with E-state index in [1.807, 2.05) is 12.1 Å². The van der Waals surface area contributed by atoms with Gasteiger partial charge in [0, 0.05) is 13.1 Å². The number of alkyl halides is 3. The number of hydrogen-bond acceptors (Lipinski definition) is 3.